The summed E-state index contributed by atoms with van der Waals surface area (Å²) in [4.78, 5) is 0. The molecule has 11 atom stereocenters. The second kappa shape index (κ2) is 15.8. The van der Waals surface area contributed by atoms with Crippen LogP contribution in [0.1, 0.15) is 35.0 Å². The first-order chi connectivity index (χ1) is 24.6. The molecule has 0 amide bonds. The molecular formula is C36H44O15. The van der Waals surface area contributed by atoms with Crippen LogP contribution in [0.25, 0.3) is 0 Å². The molecule has 278 valence electrons. The number of rotatable bonds is 13. The third-order valence-corrected chi connectivity index (χ3v) is 9.76. The van der Waals surface area contributed by atoms with Crippen molar-refractivity contribution in [1.82, 2.24) is 0 Å². The van der Waals surface area contributed by atoms with E-state index in [-0.39, 0.29) is 47.0 Å². The molecule has 3 fully saturated rings. The SMILES string of the molecule is COc1cc([C@@H](O)[C@H](CO[C@@H]2O[C@H](CO)[C@@H](O)[C@H](O)[C@H]2O)Oc2ccc([C@@H]3OC[C@@H]4[C@H]3CO[C@H]4c3ccc(O)c(OC)c3)cc2OC)ccc1O. The zero-order chi connectivity index (χ0) is 36.4. The standard InChI is InChI=1S/C36H44O15/c1-44-25-10-17(4-7-22(25)38)30(40)29(16-49-36-33(43)32(42)31(41)28(13-37)51-36)50-24-9-6-19(12-27(24)46-3)35-21-15-47-34(20(21)14-48-35)18-5-8-23(39)26(11-18)45-2/h4-12,20-21,28-43H,13-16H2,1-3H3/t20-,21-,28-,29+,30-,31-,32+,33-,34+,35+,36-/m1/s1. The number of hydrogen-bond acceptors (Lipinski definition) is 15. The van der Waals surface area contributed by atoms with Gasteiger partial charge in [-0.15, -0.1) is 0 Å². The number of hydrogen-bond donors (Lipinski definition) is 7. The summed E-state index contributed by atoms with van der Waals surface area (Å²) in [6.45, 7) is -0.157. The van der Waals surface area contributed by atoms with Crippen molar-refractivity contribution in [3.8, 4) is 34.5 Å². The van der Waals surface area contributed by atoms with Crippen molar-refractivity contribution in [2.75, 3.05) is 47.8 Å². The van der Waals surface area contributed by atoms with E-state index in [2.05, 4.69) is 0 Å². The molecule has 0 aliphatic carbocycles. The Bertz CT molecular complexity index is 1630. The molecule has 3 aliphatic rings. The van der Waals surface area contributed by atoms with Crippen LogP contribution in [-0.4, -0.2) is 120 Å². The van der Waals surface area contributed by atoms with Gasteiger partial charge in [-0.25, -0.2) is 0 Å². The molecule has 6 rings (SSSR count). The zero-order valence-corrected chi connectivity index (χ0v) is 28.3. The summed E-state index contributed by atoms with van der Waals surface area (Å²) in [5.74, 6) is 1.01. The van der Waals surface area contributed by atoms with E-state index < -0.39 is 56.1 Å². The number of methoxy groups -OCH3 is 3. The van der Waals surface area contributed by atoms with Crippen molar-refractivity contribution in [3.63, 3.8) is 0 Å². The molecule has 15 heteroatoms. The zero-order valence-electron chi connectivity index (χ0n) is 28.3. The second-order valence-electron chi connectivity index (χ2n) is 12.7. The molecule has 7 N–H and O–H groups in total. The Morgan fingerprint density at radius 2 is 1.27 bits per heavy atom. The third kappa shape index (κ3) is 7.40. The van der Waals surface area contributed by atoms with Crippen LogP contribution in [0, 0.1) is 11.8 Å². The van der Waals surface area contributed by atoms with E-state index in [0.717, 1.165) is 11.1 Å². The molecule has 3 aromatic carbocycles. The van der Waals surface area contributed by atoms with Crippen molar-refractivity contribution >= 4 is 0 Å². The first-order valence-corrected chi connectivity index (χ1v) is 16.5. The van der Waals surface area contributed by atoms with E-state index >= 15 is 0 Å². The number of phenolic OH excluding ortho intramolecular Hbond substituents is 2. The van der Waals surface area contributed by atoms with Gasteiger partial charge in [0.05, 0.1) is 60.0 Å². The molecular weight excluding hydrogens is 672 g/mol. The predicted molar refractivity (Wildman–Crippen MR) is 176 cm³/mol. The number of fused-ring (bicyclic) bond motifs is 1. The van der Waals surface area contributed by atoms with Gasteiger partial charge in [-0.2, -0.15) is 0 Å². The van der Waals surface area contributed by atoms with Crippen molar-refractivity contribution in [3.05, 3.63) is 71.3 Å². The summed E-state index contributed by atoms with van der Waals surface area (Å²) < 4.78 is 46.3. The lowest BCUT2D eigenvalue weighted by atomic mass is 9.85. The Morgan fingerprint density at radius 1 is 0.706 bits per heavy atom. The minimum atomic E-state index is -1.67. The van der Waals surface area contributed by atoms with Crippen molar-refractivity contribution in [2.45, 2.75) is 55.1 Å². The van der Waals surface area contributed by atoms with Gasteiger partial charge in [0, 0.05) is 11.8 Å². The lowest BCUT2D eigenvalue weighted by molar-refractivity contribution is -0.305. The molecule has 3 aliphatic heterocycles. The Balaban J connectivity index is 1.22. The fourth-order valence-electron chi connectivity index (χ4n) is 6.90. The monoisotopic (exact) mass is 716 g/mol. The van der Waals surface area contributed by atoms with E-state index in [1.807, 2.05) is 12.1 Å². The van der Waals surface area contributed by atoms with Gasteiger partial charge in [0.15, 0.2) is 46.9 Å². The molecule has 0 aromatic heterocycles. The maximum atomic E-state index is 11.5. The average molecular weight is 717 g/mol. The molecule has 0 spiro atoms. The molecule has 0 saturated carbocycles. The van der Waals surface area contributed by atoms with Crippen LogP contribution in [0.4, 0.5) is 0 Å². The Kier molecular flexibility index (Phi) is 11.4. The highest BCUT2D eigenvalue weighted by Crippen LogP contribution is 2.51. The average Bonchev–Trinajstić information content (AvgIpc) is 3.76. The molecule has 3 heterocycles. The van der Waals surface area contributed by atoms with Crippen LogP contribution in [0.3, 0.4) is 0 Å². The number of ether oxygens (including phenoxy) is 8. The van der Waals surface area contributed by atoms with Crippen molar-refractivity contribution in [2.24, 2.45) is 11.8 Å². The van der Waals surface area contributed by atoms with E-state index in [1.165, 1.54) is 39.5 Å². The summed E-state index contributed by atoms with van der Waals surface area (Å²) >= 11 is 0. The molecule has 3 saturated heterocycles. The summed E-state index contributed by atoms with van der Waals surface area (Å²) in [5, 5.41) is 72.2. The minimum absolute atomic E-state index is 0.0252. The third-order valence-electron chi connectivity index (χ3n) is 9.76. The van der Waals surface area contributed by atoms with Crippen LogP contribution in [0.2, 0.25) is 0 Å². The van der Waals surface area contributed by atoms with E-state index in [0.29, 0.717) is 30.3 Å². The summed E-state index contributed by atoms with van der Waals surface area (Å²) in [6.07, 6.45) is -10.7. The topological polar surface area (TPSA) is 215 Å². The van der Waals surface area contributed by atoms with E-state index in [4.69, 9.17) is 37.9 Å². The lowest BCUT2D eigenvalue weighted by Crippen LogP contribution is -2.59. The highest BCUT2D eigenvalue weighted by molar-refractivity contribution is 5.46. The molecule has 51 heavy (non-hydrogen) atoms. The van der Waals surface area contributed by atoms with Crippen molar-refractivity contribution < 1.29 is 73.6 Å². The number of benzene rings is 3. The first kappa shape index (κ1) is 36.9. The van der Waals surface area contributed by atoms with Crippen LogP contribution in [-0.2, 0) is 18.9 Å². The number of phenols is 2. The normalized spacial score (nSPS) is 30.0. The van der Waals surface area contributed by atoms with E-state index in [1.54, 1.807) is 24.3 Å². The van der Waals surface area contributed by atoms with Gasteiger partial charge in [0.1, 0.15) is 30.5 Å². The molecule has 0 unspecified atom stereocenters. The minimum Gasteiger partial charge on any atom is -0.504 e. The van der Waals surface area contributed by atoms with Gasteiger partial charge in [-0.05, 0) is 53.1 Å². The quantitative estimate of drug-likeness (QED) is 0.133. The number of aliphatic hydroxyl groups is 5. The van der Waals surface area contributed by atoms with Gasteiger partial charge < -0.3 is 73.6 Å². The predicted octanol–water partition coefficient (Wildman–Crippen LogP) is 1.50. The van der Waals surface area contributed by atoms with Gasteiger partial charge >= 0.3 is 0 Å². The van der Waals surface area contributed by atoms with Crippen LogP contribution >= 0.6 is 0 Å². The second-order valence-corrected chi connectivity index (χ2v) is 12.7. The largest absolute Gasteiger partial charge is 0.504 e. The van der Waals surface area contributed by atoms with Gasteiger partial charge in [0.25, 0.3) is 0 Å². The maximum Gasteiger partial charge on any atom is 0.186 e. The van der Waals surface area contributed by atoms with E-state index in [9.17, 15) is 35.7 Å². The fourth-order valence-corrected chi connectivity index (χ4v) is 6.90. The van der Waals surface area contributed by atoms with Crippen LogP contribution in [0.15, 0.2) is 54.6 Å². The summed E-state index contributed by atoms with van der Waals surface area (Å²) in [7, 11) is 4.33. The number of aromatic hydroxyl groups is 2. The maximum absolute atomic E-state index is 11.5. The Labute approximate surface area is 294 Å². The van der Waals surface area contributed by atoms with Crippen LogP contribution < -0.4 is 18.9 Å². The number of aliphatic hydroxyl groups excluding tert-OH is 5. The molecule has 3 aromatic rings. The smallest absolute Gasteiger partial charge is 0.186 e. The van der Waals surface area contributed by atoms with Crippen molar-refractivity contribution in [1.29, 1.82) is 0 Å². The first-order valence-electron chi connectivity index (χ1n) is 16.5. The summed E-state index contributed by atoms with van der Waals surface area (Å²) in [6, 6.07) is 14.7. The summed E-state index contributed by atoms with van der Waals surface area (Å²) in [5.41, 5.74) is 2.00. The van der Waals surface area contributed by atoms with Gasteiger partial charge in [-0.3, -0.25) is 0 Å². The lowest BCUT2D eigenvalue weighted by Gasteiger charge is -2.40. The Hall–Kier alpha value is -3.90. The molecule has 15 nitrogen and oxygen atoms in total. The highest BCUT2D eigenvalue weighted by Gasteiger charge is 2.48. The van der Waals surface area contributed by atoms with Gasteiger partial charge in [-0.1, -0.05) is 18.2 Å². The highest BCUT2D eigenvalue weighted by atomic mass is 16.7. The molecule has 0 bridgehead atoms. The Morgan fingerprint density at radius 3 is 1.88 bits per heavy atom. The fraction of sp³-hybridized carbons (Fsp3) is 0.500. The van der Waals surface area contributed by atoms with Gasteiger partial charge in [0.2, 0.25) is 0 Å². The molecule has 0 radical (unpaired) electrons. The van der Waals surface area contributed by atoms with Crippen LogP contribution in [0.5, 0.6) is 34.5 Å².